The van der Waals surface area contributed by atoms with Gasteiger partial charge in [-0.05, 0) is 23.3 Å². The van der Waals surface area contributed by atoms with E-state index in [2.05, 4.69) is 10.6 Å². The molecule has 2 aliphatic heterocycles. The van der Waals surface area contributed by atoms with Crippen molar-refractivity contribution in [2.45, 2.75) is 60.6 Å². The standard InChI is InChI=1S/C44H46N4O10S4/c49-35-17-9-7-15-29(35)41-47(33(25-59-41)39(53)45-31(43(55)56)23-27-11-3-1-4-12-27)37(51)19-21-61-62-22-20-38(52)48-34(26-60-42(48)30-16-8-10-18-36(30)50)40(54)46-32(44(57)58)24-28-13-5-2-6-14-28/h1-18,31-34,41-42,49-50H,19-26H2,(H,45,53)(H,46,54)(H,55,56)(H,57,58)/t31?,32?,33-,34-,41+,42+/m0/s1. The maximum atomic E-state index is 14.0. The Hall–Kier alpha value is -5.30. The first-order valence-corrected chi connectivity index (χ1v) is 24.3. The highest BCUT2D eigenvalue weighted by molar-refractivity contribution is 8.76. The summed E-state index contributed by atoms with van der Waals surface area (Å²) in [5.41, 5.74) is 2.34. The molecule has 0 saturated carbocycles. The zero-order valence-corrected chi connectivity index (χ0v) is 36.5. The Balaban J connectivity index is 1.07. The summed E-state index contributed by atoms with van der Waals surface area (Å²) in [4.78, 5) is 82.5. The lowest BCUT2D eigenvalue weighted by molar-refractivity contribution is -0.144. The molecule has 4 amide bonds. The number of nitrogens with one attached hydrogen (secondary N) is 2. The number of hydrogen-bond acceptors (Lipinski definition) is 12. The number of thioether (sulfide) groups is 2. The Morgan fingerprint density at radius 2 is 0.919 bits per heavy atom. The summed E-state index contributed by atoms with van der Waals surface area (Å²) in [6, 6.07) is 26.4. The minimum absolute atomic E-state index is 0.000513. The Labute approximate surface area is 375 Å². The van der Waals surface area contributed by atoms with Crippen LogP contribution in [0.1, 0.15) is 45.8 Å². The number of carboxylic acids is 2. The first kappa shape index (κ1) is 46.2. The summed E-state index contributed by atoms with van der Waals surface area (Å²) >= 11 is 2.60. The Bertz CT molecular complexity index is 2070. The van der Waals surface area contributed by atoms with Gasteiger partial charge in [0.15, 0.2) is 0 Å². The van der Waals surface area contributed by atoms with Gasteiger partial charge in [0.05, 0.1) is 0 Å². The molecule has 6 rings (SSSR count). The largest absolute Gasteiger partial charge is 0.508 e. The lowest BCUT2D eigenvalue weighted by atomic mass is 10.1. The van der Waals surface area contributed by atoms with Gasteiger partial charge >= 0.3 is 11.9 Å². The van der Waals surface area contributed by atoms with Crippen molar-refractivity contribution < 1.29 is 49.2 Å². The lowest BCUT2D eigenvalue weighted by Crippen LogP contribution is -2.52. The van der Waals surface area contributed by atoms with E-state index in [9.17, 15) is 49.2 Å². The molecule has 4 aromatic carbocycles. The fourth-order valence-corrected chi connectivity index (χ4v) is 12.1. The molecule has 4 aromatic rings. The molecule has 0 bridgehead atoms. The third-order valence-corrected chi connectivity index (χ3v) is 15.3. The molecule has 0 spiro atoms. The maximum Gasteiger partial charge on any atom is 0.326 e. The minimum Gasteiger partial charge on any atom is -0.508 e. The predicted octanol–water partition coefficient (Wildman–Crippen LogP) is 5.47. The molecule has 2 heterocycles. The smallest absolute Gasteiger partial charge is 0.326 e. The number of carbonyl (C=O) groups excluding carboxylic acids is 4. The molecule has 326 valence electrons. The molecule has 18 heteroatoms. The van der Waals surface area contributed by atoms with E-state index in [-0.39, 0.29) is 60.5 Å². The van der Waals surface area contributed by atoms with Crippen LogP contribution in [0.15, 0.2) is 109 Å². The predicted molar refractivity (Wildman–Crippen MR) is 241 cm³/mol. The van der Waals surface area contributed by atoms with Gasteiger partial charge in [-0.2, -0.15) is 0 Å². The average Bonchev–Trinajstić information content (AvgIpc) is 3.91. The van der Waals surface area contributed by atoms with Crippen molar-refractivity contribution >= 4 is 80.7 Å². The molecule has 6 N–H and O–H groups in total. The highest BCUT2D eigenvalue weighted by Gasteiger charge is 2.45. The average molecular weight is 919 g/mol. The number of hydrogen-bond donors (Lipinski definition) is 6. The molecule has 2 fully saturated rings. The molecule has 0 radical (unpaired) electrons. The summed E-state index contributed by atoms with van der Waals surface area (Å²) in [6.07, 6.45) is 0.102. The van der Waals surface area contributed by atoms with Crippen LogP contribution in [0.25, 0.3) is 0 Å². The Morgan fingerprint density at radius 1 is 0.565 bits per heavy atom. The summed E-state index contributed by atoms with van der Waals surface area (Å²) < 4.78 is 0. The van der Waals surface area contributed by atoms with Crippen molar-refractivity contribution in [3.63, 3.8) is 0 Å². The molecule has 2 unspecified atom stereocenters. The van der Waals surface area contributed by atoms with Gasteiger partial charge < -0.3 is 40.9 Å². The third-order valence-electron chi connectivity index (χ3n) is 10.3. The van der Waals surface area contributed by atoms with Crippen molar-refractivity contribution in [2.24, 2.45) is 0 Å². The van der Waals surface area contributed by atoms with Gasteiger partial charge in [0, 0.05) is 59.8 Å². The van der Waals surface area contributed by atoms with E-state index in [4.69, 9.17) is 0 Å². The summed E-state index contributed by atoms with van der Waals surface area (Å²) in [7, 11) is 2.69. The molecule has 0 aliphatic carbocycles. The van der Waals surface area contributed by atoms with Crippen LogP contribution in [0, 0.1) is 0 Å². The van der Waals surface area contributed by atoms with Gasteiger partial charge in [-0.25, -0.2) is 9.59 Å². The third kappa shape index (κ3) is 11.8. The van der Waals surface area contributed by atoms with E-state index >= 15 is 0 Å². The number of nitrogens with zero attached hydrogens (tertiary/aromatic N) is 2. The Morgan fingerprint density at radius 3 is 1.27 bits per heavy atom. The molecular formula is C44H46N4O10S4. The molecule has 0 aromatic heterocycles. The van der Waals surface area contributed by atoms with Crippen molar-refractivity contribution in [3.8, 4) is 11.5 Å². The fourth-order valence-electron chi connectivity index (χ4n) is 7.17. The highest BCUT2D eigenvalue weighted by Crippen LogP contribution is 2.46. The van der Waals surface area contributed by atoms with Crippen LogP contribution in [0.2, 0.25) is 0 Å². The zero-order chi connectivity index (χ0) is 44.2. The molecule has 2 aliphatic rings. The van der Waals surface area contributed by atoms with Gasteiger partial charge in [-0.1, -0.05) is 119 Å². The van der Waals surface area contributed by atoms with Gasteiger partial charge in [0.25, 0.3) is 0 Å². The summed E-state index contributed by atoms with van der Waals surface area (Å²) in [5.74, 6) is -3.52. The number of para-hydroxylation sites is 2. The first-order valence-electron chi connectivity index (χ1n) is 19.7. The highest BCUT2D eigenvalue weighted by atomic mass is 33.1. The normalized spacial score (nSPS) is 19.4. The van der Waals surface area contributed by atoms with Crippen LogP contribution >= 0.6 is 45.1 Å². The monoisotopic (exact) mass is 918 g/mol. The number of carboxylic acid groups (broad SMARTS) is 2. The van der Waals surface area contributed by atoms with Gasteiger partial charge in [0.2, 0.25) is 23.6 Å². The second kappa shape index (κ2) is 22.2. The number of amides is 4. The molecular weight excluding hydrogens is 873 g/mol. The summed E-state index contributed by atoms with van der Waals surface area (Å²) in [6.45, 7) is 0. The topological polar surface area (TPSA) is 214 Å². The lowest BCUT2D eigenvalue weighted by Gasteiger charge is -2.30. The van der Waals surface area contributed by atoms with Crippen LogP contribution < -0.4 is 10.6 Å². The maximum absolute atomic E-state index is 14.0. The molecule has 2 saturated heterocycles. The van der Waals surface area contributed by atoms with E-state index < -0.39 is 58.7 Å². The number of rotatable bonds is 19. The van der Waals surface area contributed by atoms with Crippen molar-refractivity contribution in [1.82, 2.24) is 20.4 Å². The van der Waals surface area contributed by atoms with Crippen molar-refractivity contribution in [3.05, 3.63) is 131 Å². The van der Waals surface area contributed by atoms with Crippen LogP contribution in [-0.4, -0.2) is 113 Å². The van der Waals surface area contributed by atoms with E-state index in [1.807, 2.05) is 0 Å². The molecule has 6 atom stereocenters. The van der Waals surface area contributed by atoms with Crippen LogP contribution in [0.5, 0.6) is 11.5 Å². The van der Waals surface area contributed by atoms with Gasteiger partial charge in [-0.3, -0.25) is 19.2 Å². The van der Waals surface area contributed by atoms with E-state index in [1.165, 1.54) is 67.0 Å². The minimum atomic E-state index is -1.23. The first-order chi connectivity index (χ1) is 29.9. The van der Waals surface area contributed by atoms with E-state index in [0.29, 0.717) is 22.6 Å². The summed E-state index contributed by atoms with van der Waals surface area (Å²) in [5, 5.41) is 45.2. The Kier molecular flexibility index (Phi) is 16.5. The number of aliphatic carboxylic acids is 2. The van der Waals surface area contributed by atoms with Crippen molar-refractivity contribution in [2.75, 3.05) is 23.0 Å². The van der Waals surface area contributed by atoms with Crippen molar-refractivity contribution in [1.29, 1.82) is 0 Å². The number of aromatic hydroxyl groups is 2. The quantitative estimate of drug-likeness (QED) is 0.0509. The zero-order valence-electron chi connectivity index (χ0n) is 33.3. The molecule has 14 nitrogen and oxygen atoms in total. The molecule has 62 heavy (non-hydrogen) atoms. The van der Waals surface area contributed by atoms with E-state index in [1.54, 1.807) is 97.1 Å². The van der Waals surface area contributed by atoms with Gasteiger partial charge in [-0.15, -0.1) is 23.5 Å². The second-order valence-electron chi connectivity index (χ2n) is 14.4. The second-order valence-corrected chi connectivity index (χ2v) is 19.4. The number of phenols is 2. The van der Waals surface area contributed by atoms with E-state index in [0.717, 1.165) is 11.1 Å². The SMILES string of the molecule is O=C(O)C(Cc1ccccc1)NC(=O)[C@@H]1CS[C@H](c2ccccc2O)N1C(=O)CCSSCCC(=O)N1[C@@H](c2ccccc2O)SC[C@H]1C(=O)NC(Cc1ccccc1)C(=O)O. The van der Waals surface area contributed by atoms with Crippen LogP contribution in [-0.2, 0) is 41.6 Å². The van der Waals surface area contributed by atoms with Crippen LogP contribution in [0.4, 0.5) is 0 Å². The number of benzene rings is 4. The number of phenolic OH excluding ortho intramolecular Hbond substituents is 2. The van der Waals surface area contributed by atoms with Crippen LogP contribution in [0.3, 0.4) is 0 Å². The fraction of sp³-hybridized carbons (Fsp3) is 0.318. The van der Waals surface area contributed by atoms with Gasteiger partial charge in [0.1, 0.15) is 46.4 Å². The number of carbonyl (C=O) groups is 6.